The van der Waals surface area contributed by atoms with Crippen molar-refractivity contribution in [3.8, 4) is 0 Å². The number of aromatic nitrogens is 1. The van der Waals surface area contributed by atoms with Gasteiger partial charge in [-0.1, -0.05) is 36.4 Å². The molecule has 0 bridgehead atoms. The predicted octanol–water partition coefficient (Wildman–Crippen LogP) is 2.69. The molecule has 3 rings (SSSR count). The van der Waals surface area contributed by atoms with Crippen LogP contribution in [0.25, 0.3) is 10.8 Å². The highest BCUT2D eigenvalue weighted by Gasteiger charge is 2.17. The minimum atomic E-state index is -3.56. The average Bonchev–Trinajstić information content (AvgIpc) is 2.62. The molecule has 5 nitrogen and oxygen atoms in total. The van der Waals surface area contributed by atoms with Gasteiger partial charge in [0.25, 0.3) is 0 Å². The van der Waals surface area contributed by atoms with Gasteiger partial charge in [-0.15, -0.1) is 0 Å². The first-order valence-electron chi connectivity index (χ1n) is 8.15. The van der Waals surface area contributed by atoms with Crippen molar-refractivity contribution < 1.29 is 8.42 Å². The van der Waals surface area contributed by atoms with Crippen molar-refractivity contribution in [2.45, 2.75) is 24.4 Å². The molecule has 0 aliphatic heterocycles. The first-order chi connectivity index (χ1) is 12.0. The molecule has 25 heavy (non-hydrogen) atoms. The van der Waals surface area contributed by atoms with E-state index >= 15 is 0 Å². The molecular weight excluding hydrogens is 334 g/mol. The summed E-state index contributed by atoms with van der Waals surface area (Å²) in [4.78, 5) is 4.30. The lowest BCUT2D eigenvalue weighted by Crippen LogP contribution is -2.39. The Bertz CT molecular complexity index is 943. The second-order valence-corrected chi connectivity index (χ2v) is 7.74. The van der Waals surface area contributed by atoms with Gasteiger partial charge in [-0.3, -0.25) is 4.98 Å². The van der Waals surface area contributed by atoms with Gasteiger partial charge in [-0.2, -0.15) is 0 Å². The third-order valence-electron chi connectivity index (χ3n) is 3.90. The highest BCUT2D eigenvalue weighted by Crippen LogP contribution is 2.18. The van der Waals surface area contributed by atoms with Gasteiger partial charge >= 0.3 is 0 Å². The SMILES string of the molecule is C[C@H](CNCc1ccccc1)NS(=O)(=O)c1ccc2cnccc2c1. The number of sulfonamides is 1. The molecule has 1 aromatic heterocycles. The molecule has 6 heteroatoms. The number of nitrogens with one attached hydrogen (secondary N) is 2. The summed E-state index contributed by atoms with van der Waals surface area (Å²) in [7, 11) is -3.56. The second-order valence-electron chi connectivity index (χ2n) is 6.02. The molecule has 0 fully saturated rings. The summed E-state index contributed by atoms with van der Waals surface area (Å²) in [5, 5.41) is 5.04. The van der Waals surface area contributed by atoms with Crippen molar-refractivity contribution in [2.75, 3.05) is 6.54 Å². The summed E-state index contributed by atoms with van der Waals surface area (Å²) in [6, 6.07) is 16.6. The van der Waals surface area contributed by atoms with Crippen molar-refractivity contribution >= 4 is 20.8 Å². The summed E-state index contributed by atoms with van der Waals surface area (Å²) in [5.74, 6) is 0. The molecule has 0 spiro atoms. The zero-order chi connectivity index (χ0) is 17.7. The topological polar surface area (TPSA) is 71.1 Å². The normalized spacial score (nSPS) is 13.0. The Labute approximate surface area is 148 Å². The van der Waals surface area contributed by atoms with Crippen LogP contribution >= 0.6 is 0 Å². The van der Waals surface area contributed by atoms with Crippen LogP contribution in [0, 0.1) is 0 Å². The van der Waals surface area contributed by atoms with E-state index in [4.69, 9.17) is 0 Å². The van der Waals surface area contributed by atoms with Crippen LogP contribution in [0.15, 0.2) is 71.9 Å². The Balaban J connectivity index is 1.61. The van der Waals surface area contributed by atoms with Gasteiger partial charge in [-0.25, -0.2) is 13.1 Å². The first kappa shape index (κ1) is 17.5. The molecule has 1 heterocycles. The van der Waals surface area contributed by atoms with Crippen molar-refractivity contribution in [1.29, 1.82) is 0 Å². The lowest BCUT2D eigenvalue weighted by Gasteiger charge is -2.15. The monoisotopic (exact) mass is 355 g/mol. The minimum absolute atomic E-state index is 0.221. The Hall–Kier alpha value is -2.28. The summed E-state index contributed by atoms with van der Waals surface area (Å²) in [6.07, 6.45) is 3.37. The standard InChI is InChI=1S/C19H21N3O2S/c1-15(12-21-13-16-5-3-2-4-6-16)22-25(23,24)19-8-7-18-14-20-10-9-17(18)11-19/h2-11,14-15,21-22H,12-13H2,1H3/t15-/m1/s1. The fourth-order valence-electron chi connectivity index (χ4n) is 2.63. The van der Waals surface area contributed by atoms with E-state index in [1.807, 2.05) is 37.3 Å². The molecule has 1 atom stereocenters. The molecule has 0 amide bonds. The Kier molecular flexibility index (Phi) is 5.43. The first-order valence-corrected chi connectivity index (χ1v) is 9.64. The van der Waals surface area contributed by atoms with E-state index in [1.165, 1.54) is 5.56 Å². The van der Waals surface area contributed by atoms with Gasteiger partial charge in [0.15, 0.2) is 0 Å². The molecule has 2 aromatic carbocycles. The van der Waals surface area contributed by atoms with Crippen LogP contribution in [-0.2, 0) is 16.6 Å². The summed E-state index contributed by atoms with van der Waals surface area (Å²) in [6.45, 7) is 3.10. The zero-order valence-electron chi connectivity index (χ0n) is 14.0. The van der Waals surface area contributed by atoms with E-state index < -0.39 is 10.0 Å². The van der Waals surface area contributed by atoms with Gasteiger partial charge in [0.05, 0.1) is 4.90 Å². The molecule has 0 aliphatic rings. The molecule has 0 saturated carbocycles. The van der Waals surface area contributed by atoms with E-state index in [2.05, 4.69) is 15.0 Å². The summed E-state index contributed by atoms with van der Waals surface area (Å²) < 4.78 is 27.8. The zero-order valence-corrected chi connectivity index (χ0v) is 14.8. The maximum atomic E-state index is 12.6. The highest BCUT2D eigenvalue weighted by atomic mass is 32.2. The van der Waals surface area contributed by atoms with E-state index in [-0.39, 0.29) is 10.9 Å². The maximum absolute atomic E-state index is 12.6. The third-order valence-corrected chi connectivity index (χ3v) is 5.49. The van der Waals surface area contributed by atoms with Crippen LogP contribution in [0.4, 0.5) is 0 Å². The second kappa shape index (κ2) is 7.74. The lowest BCUT2D eigenvalue weighted by atomic mass is 10.2. The lowest BCUT2D eigenvalue weighted by molar-refractivity contribution is 0.536. The van der Waals surface area contributed by atoms with E-state index in [9.17, 15) is 8.42 Å². The van der Waals surface area contributed by atoms with Crippen LogP contribution in [0.1, 0.15) is 12.5 Å². The molecule has 130 valence electrons. The van der Waals surface area contributed by atoms with Crippen molar-refractivity contribution in [2.24, 2.45) is 0 Å². The molecular formula is C19H21N3O2S. The molecule has 2 N–H and O–H groups in total. The van der Waals surface area contributed by atoms with Gasteiger partial charge < -0.3 is 5.32 Å². The number of pyridine rings is 1. The number of rotatable bonds is 7. The van der Waals surface area contributed by atoms with Crippen LogP contribution in [-0.4, -0.2) is 26.0 Å². The fourth-order valence-corrected chi connectivity index (χ4v) is 3.91. The van der Waals surface area contributed by atoms with Gasteiger partial charge in [0, 0.05) is 36.9 Å². The largest absolute Gasteiger partial charge is 0.311 e. The number of hydrogen-bond donors (Lipinski definition) is 2. The number of fused-ring (bicyclic) bond motifs is 1. The summed E-state index contributed by atoms with van der Waals surface area (Å²) in [5.41, 5.74) is 1.17. The molecule has 3 aromatic rings. The average molecular weight is 355 g/mol. The van der Waals surface area contributed by atoms with Gasteiger partial charge in [0.2, 0.25) is 10.0 Å². The van der Waals surface area contributed by atoms with Crippen LogP contribution in [0.2, 0.25) is 0 Å². The van der Waals surface area contributed by atoms with Crippen molar-refractivity contribution in [1.82, 2.24) is 15.0 Å². The molecule has 0 unspecified atom stereocenters. The van der Waals surface area contributed by atoms with Crippen molar-refractivity contribution in [3.05, 3.63) is 72.6 Å². The predicted molar refractivity (Wildman–Crippen MR) is 99.7 cm³/mol. The van der Waals surface area contributed by atoms with Crippen LogP contribution in [0.5, 0.6) is 0 Å². The Morgan fingerprint density at radius 2 is 1.84 bits per heavy atom. The van der Waals surface area contributed by atoms with Crippen LogP contribution in [0.3, 0.4) is 0 Å². The maximum Gasteiger partial charge on any atom is 0.240 e. The smallest absolute Gasteiger partial charge is 0.240 e. The molecule has 0 radical (unpaired) electrons. The third kappa shape index (κ3) is 4.63. The van der Waals surface area contributed by atoms with Gasteiger partial charge in [0.1, 0.15) is 0 Å². The summed E-state index contributed by atoms with van der Waals surface area (Å²) >= 11 is 0. The van der Waals surface area contributed by atoms with Gasteiger partial charge in [-0.05, 0) is 36.1 Å². The van der Waals surface area contributed by atoms with Crippen molar-refractivity contribution in [3.63, 3.8) is 0 Å². The Morgan fingerprint density at radius 1 is 1.04 bits per heavy atom. The highest BCUT2D eigenvalue weighted by molar-refractivity contribution is 7.89. The molecule has 0 saturated heterocycles. The van der Waals surface area contributed by atoms with Crippen LogP contribution < -0.4 is 10.0 Å². The van der Waals surface area contributed by atoms with E-state index in [0.717, 1.165) is 10.8 Å². The van der Waals surface area contributed by atoms with E-state index in [1.54, 1.807) is 36.7 Å². The number of benzene rings is 2. The minimum Gasteiger partial charge on any atom is -0.311 e. The fraction of sp³-hybridized carbons (Fsp3) is 0.211. The Morgan fingerprint density at radius 3 is 2.64 bits per heavy atom. The number of hydrogen-bond acceptors (Lipinski definition) is 4. The molecule has 0 aliphatic carbocycles. The van der Waals surface area contributed by atoms with E-state index in [0.29, 0.717) is 13.1 Å². The quantitative estimate of drug-likeness (QED) is 0.684. The number of nitrogens with zero attached hydrogens (tertiary/aromatic N) is 1.